The fraction of sp³-hybridized carbons (Fsp3) is 0.154. The quantitative estimate of drug-likeness (QED) is 0.427. The summed E-state index contributed by atoms with van der Waals surface area (Å²) >= 11 is 0. The smallest absolute Gasteiger partial charge is 0.266 e. The van der Waals surface area contributed by atoms with Gasteiger partial charge in [-0.2, -0.15) is 5.26 Å². The van der Waals surface area contributed by atoms with Crippen molar-refractivity contribution in [3.63, 3.8) is 0 Å². The van der Waals surface area contributed by atoms with E-state index in [2.05, 4.69) is 31.3 Å². The molecule has 30 heavy (non-hydrogen) atoms. The van der Waals surface area contributed by atoms with Gasteiger partial charge >= 0.3 is 0 Å². The number of aryl methyl sites for hydroxylation is 3. The van der Waals surface area contributed by atoms with Crippen molar-refractivity contribution in [2.24, 2.45) is 0 Å². The van der Waals surface area contributed by atoms with Crippen LogP contribution in [0.1, 0.15) is 27.8 Å². The lowest BCUT2D eigenvalue weighted by Gasteiger charge is -2.11. The summed E-state index contributed by atoms with van der Waals surface area (Å²) < 4.78 is 5.99. The van der Waals surface area contributed by atoms with E-state index < -0.39 is 5.91 Å². The standard InChI is InChI=1S/C26H24N2O2/c1-18-12-13-21(14-20(18)3)17-30-25-11-7-5-9-22(25)15-23(16-27)26(29)28-24-10-6-4-8-19(24)2/h4-15H,17H2,1-3H3,(H,28,29)/b23-15+. The molecule has 0 aliphatic heterocycles. The number of rotatable bonds is 6. The monoisotopic (exact) mass is 396 g/mol. The molecule has 0 aliphatic rings. The number of carbonyl (C=O) groups excluding carboxylic acids is 1. The third kappa shape index (κ3) is 5.15. The molecule has 0 fully saturated rings. The minimum absolute atomic E-state index is 0.0143. The van der Waals surface area contributed by atoms with Crippen LogP contribution in [0.15, 0.2) is 72.3 Å². The van der Waals surface area contributed by atoms with Crippen LogP contribution in [0.5, 0.6) is 5.75 Å². The first kappa shape index (κ1) is 20.9. The molecular weight excluding hydrogens is 372 g/mol. The van der Waals surface area contributed by atoms with E-state index in [1.54, 1.807) is 6.08 Å². The van der Waals surface area contributed by atoms with Crippen molar-refractivity contribution >= 4 is 17.7 Å². The first-order valence-corrected chi connectivity index (χ1v) is 9.74. The Labute approximate surface area is 177 Å². The van der Waals surface area contributed by atoms with E-state index in [0.29, 0.717) is 23.6 Å². The van der Waals surface area contributed by atoms with E-state index in [9.17, 15) is 10.1 Å². The highest BCUT2D eigenvalue weighted by atomic mass is 16.5. The Morgan fingerprint density at radius 1 is 0.967 bits per heavy atom. The Kier molecular flexibility index (Phi) is 6.67. The maximum absolute atomic E-state index is 12.6. The summed E-state index contributed by atoms with van der Waals surface area (Å²) in [7, 11) is 0. The number of amides is 1. The minimum atomic E-state index is -0.448. The number of ether oxygens (including phenoxy) is 1. The maximum Gasteiger partial charge on any atom is 0.266 e. The highest BCUT2D eigenvalue weighted by Gasteiger charge is 2.12. The third-order valence-electron chi connectivity index (χ3n) is 4.94. The zero-order valence-corrected chi connectivity index (χ0v) is 17.4. The van der Waals surface area contributed by atoms with Gasteiger partial charge in [-0.3, -0.25) is 4.79 Å². The van der Waals surface area contributed by atoms with E-state index in [1.807, 2.05) is 67.6 Å². The number of nitriles is 1. The van der Waals surface area contributed by atoms with Gasteiger partial charge in [-0.15, -0.1) is 0 Å². The molecule has 3 aromatic rings. The van der Waals surface area contributed by atoms with Gasteiger partial charge in [-0.25, -0.2) is 0 Å². The molecular formula is C26H24N2O2. The van der Waals surface area contributed by atoms with Gasteiger partial charge in [-0.1, -0.05) is 54.6 Å². The minimum Gasteiger partial charge on any atom is -0.488 e. The van der Waals surface area contributed by atoms with Gasteiger partial charge in [0, 0.05) is 11.3 Å². The van der Waals surface area contributed by atoms with E-state index in [-0.39, 0.29) is 5.57 Å². The Morgan fingerprint density at radius 3 is 2.43 bits per heavy atom. The van der Waals surface area contributed by atoms with Crippen LogP contribution in [0.3, 0.4) is 0 Å². The molecule has 3 rings (SSSR count). The number of anilines is 1. The molecule has 4 heteroatoms. The van der Waals surface area contributed by atoms with Crippen LogP contribution >= 0.6 is 0 Å². The van der Waals surface area contributed by atoms with E-state index >= 15 is 0 Å². The molecule has 0 aromatic heterocycles. The highest BCUT2D eigenvalue weighted by Crippen LogP contribution is 2.23. The second-order valence-corrected chi connectivity index (χ2v) is 7.18. The fourth-order valence-corrected chi connectivity index (χ4v) is 2.99. The summed E-state index contributed by atoms with van der Waals surface area (Å²) in [5, 5.41) is 12.3. The molecule has 0 aliphatic carbocycles. The summed E-state index contributed by atoms with van der Waals surface area (Å²) in [6.45, 7) is 6.46. The molecule has 0 atom stereocenters. The first-order chi connectivity index (χ1) is 14.5. The summed E-state index contributed by atoms with van der Waals surface area (Å²) in [6, 6.07) is 23.0. The SMILES string of the molecule is Cc1ccc(COc2ccccc2/C=C(\C#N)C(=O)Nc2ccccc2C)cc1C. The number of benzene rings is 3. The second-order valence-electron chi connectivity index (χ2n) is 7.18. The van der Waals surface area contributed by atoms with Gasteiger partial charge in [0.2, 0.25) is 0 Å². The van der Waals surface area contributed by atoms with Crippen LogP contribution in [0, 0.1) is 32.1 Å². The number of carbonyl (C=O) groups is 1. The van der Waals surface area contributed by atoms with E-state index in [4.69, 9.17) is 4.74 Å². The maximum atomic E-state index is 12.6. The van der Waals surface area contributed by atoms with Crippen molar-refractivity contribution in [2.75, 3.05) is 5.32 Å². The number of nitrogens with one attached hydrogen (secondary N) is 1. The molecule has 3 aromatic carbocycles. The van der Waals surface area contributed by atoms with Gasteiger partial charge in [0.05, 0.1) is 0 Å². The second kappa shape index (κ2) is 9.58. The van der Waals surface area contributed by atoms with Crippen LogP contribution < -0.4 is 10.1 Å². The highest BCUT2D eigenvalue weighted by molar-refractivity contribution is 6.10. The van der Waals surface area contributed by atoms with Gasteiger partial charge < -0.3 is 10.1 Å². The normalized spacial score (nSPS) is 10.9. The molecule has 0 saturated heterocycles. The van der Waals surface area contributed by atoms with Gasteiger partial charge in [0.15, 0.2) is 0 Å². The molecule has 0 unspecified atom stereocenters. The van der Waals surface area contributed by atoms with E-state index in [1.165, 1.54) is 11.1 Å². The molecule has 0 radical (unpaired) electrons. The van der Waals surface area contributed by atoms with Crippen molar-refractivity contribution in [3.8, 4) is 11.8 Å². The summed E-state index contributed by atoms with van der Waals surface area (Å²) in [5.41, 5.74) is 5.82. The van der Waals surface area contributed by atoms with Crippen molar-refractivity contribution in [1.29, 1.82) is 5.26 Å². The van der Waals surface area contributed by atoms with Gasteiger partial charge in [0.25, 0.3) is 5.91 Å². The van der Waals surface area contributed by atoms with Crippen LogP contribution in [0.2, 0.25) is 0 Å². The molecule has 4 nitrogen and oxygen atoms in total. The zero-order chi connectivity index (χ0) is 21.5. The predicted octanol–water partition coefficient (Wildman–Crippen LogP) is 5.74. The number of para-hydroxylation sites is 2. The predicted molar refractivity (Wildman–Crippen MR) is 120 cm³/mol. The lowest BCUT2D eigenvalue weighted by molar-refractivity contribution is -0.112. The van der Waals surface area contributed by atoms with Crippen molar-refractivity contribution in [2.45, 2.75) is 27.4 Å². The average molecular weight is 396 g/mol. The molecule has 150 valence electrons. The first-order valence-electron chi connectivity index (χ1n) is 9.74. The molecule has 1 N–H and O–H groups in total. The van der Waals surface area contributed by atoms with Crippen LogP contribution in [0.4, 0.5) is 5.69 Å². The van der Waals surface area contributed by atoms with Crippen LogP contribution in [-0.4, -0.2) is 5.91 Å². The average Bonchev–Trinajstić information content (AvgIpc) is 2.75. The Morgan fingerprint density at radius 2 is 1.70 bits per heavy atom. The van der Waals surface area contributed by atoms with E-state index in [0.717, 1.165) is 11.1 Å². The molecule has 1 amide bonds. The lowest BCUT2D eigenvalue weighted by Crippen LogP contribution is -2.14. The summed E-state index contributed by atoms with van der Waals surface area (Å²) in [5.74, 6) is 0.169. The number of nitrogens with zero attached hydrogens (tertiary/aromatic N) is 1. The van der Waals surface area contributed by atoms with Crippen molar-refractivity contribution in [1.82, 2.24) is 0 Å². The number of hydrogen-bond acceptors (Lipinski definition) is 3. The molecule has 0 heterocycles. The fourth-order valence-electron chi connectivity index (χ4n) is 2.99. The zero-order valence-electron chi connectivity index (χ0n) is 17.4. The van der Waals surface area contributed by atoms with Gasteiger partial charge in [0.1, 0.15) is 24.0 Å². The largest absolute Gasteiger partial charge is 0.488 e. The Balaban J connectivity index is 1.79. The molecule has 0 saturated carbocycles. The summed E-state index contributed by atoms with van der Waals surface area (Å²) in [6.07, 6.45) is 1.56. The van der Waals surface area contributed by atoms with Crippen molar-refractivity contribution < 1.29 is 9.53 Å². The Bertz CT molecular complexity index is 1140. The molecule has 0 spiro atoms. The Hall–Kier alpha value is -3.84. The topological polar surface area (TPSA) is 62.1 Å². The van der Waals surface area contributed by atoms with Gasteiger partial charge in [-0.05, 0) is 61.2 Å². The third-order valence-corrected chi connectivity index (χ3v) is 4.94. The number of hydrogen-bond donors (Lipinski definition) is 1. The molecule has 0 bridgehead atoms. The lowest BCUT2D eigenvalue weighted by atomic mass is 10.1. The van der Waals surface area contributed by atoms with Crippen LogP contribution in [0.25, 0.3) is 6.08 Å². The summed E-state index contributed by atoms with van der Waals surface area (Å²) in [4.78, 5) is 12.6. The van der Waals surface area contributed by atoms with Crippen LogP contribution in [-0.2, 0) is 11.4 Å². The van der Waals surface area contributed by atoms with Crippen molar-refractivity contribution in [3.05, 3.63) is 100 Å².